The van der Waals surface area contributed by atoms with Gasteiger partial charge in [-0.2, -0.15) is 18.3 Å². The SMILES string of the molecule is Cc1cc(C)n(-c2ccc(Cl)c(C(=O)OC(C)C(=O)Nc3cccc(C(F)(F)F)c3)n2)n1. The molecule has 0 bridgehead atoms. The summed E-state index contributed by atoms with van der Waals surface area (Å²) in [6.07, 6.45) is -5.88. The van der Waals surface area contributed by atoms with Crippen LogP contribution in [0.2, 0.25) is 5.02 Å². The Morgan fingerprint density at radius 2 is 1.88 bits per heavy atom. The van der Waals surface area contributed by atoms with Crippen LogP contribution in [0.5, 0.6) is 0 Å². The molecule has 7 nitrogen and oxygen atoms in total. The number of carbonyl (C=O) groups is 2. The summed E-state index contributed by atoms with van der Waals surface area (Å²) in [7, 11) is 0. The molecule has 1 N–H and O–H groups in total. The number of nitrogens with one attached hydrogen (secondary N) is 1. The molecule has 11 heteroatoms. The van der Waals surface area contributed by atoms with E-state index >= 15 is 0 Å². The largest absolute Gasteiger partial charge is 0.448 e. The monoisotopic (exact) mass is 466 g/mol. The Kier molecular flexibility index (Phi) is 6.54. The van der Waals surface area contributed by atoms with E-state index in [2.05, 4.69) is 15.4 Å². The second-order valence-electron chi connectivity index (χ2n) is 6.95. The topological polar surface area (TPSA) is 86.1 Å². The maximum Gasteiger partial charge on any atom is 0.416 e. The van der Waals surface area contributed by atoms with E-state index < -0.39 is 29.7 Å². The van der Waals surface area contributed by atoms with Gasteiger partial charge >= 0.3 is 12.1 Å². The van der Waals surface area contributed by atoms with Gasteiger partial charge in [-0.3, -0.25) is 4.79 Å². The van der Waals surface area contributed by atoms with Gasteiger partial charge in [0.2, 0.25) is 0 Å². The predicted molar refractivity (Wildman–Crippen MR) is 111 cm³/mol. The third-order valence-corrected chi connectivity index (χ3v) is 4.67. The zero-order chi connectivity index (χ0) is 23.6. The number of ether oxygens (including phenoxy) is 1. The number of nitrogens with zero attached hydrogens (tertiary/aromatic N) is 3. The van der Waals surface area contributed by atoms with Gasteiger partial charge in [0.1, 0.15) is 0 Å². The van der Waals surface area contributed by atoms with Crippen LogP contribution in [0, 0.1) is 13.8 Å². The molecule has 0 saturated heterocycles. The molecule has 1 amide bonds. The Morgan fingerprint density at radius 3 is 2.50 bits per heavy atom. The number of aromatic nitrogens is 3. The van der Waals surface area contributed by atoms with Crippen molar-refractivity contribution in [2.24, 2.45) is 0 Å². The van der Waals surface area contributed by atoms with Crippen molar-refractivity contribution in [3.05, 3.63) is 70.1 Å². The van der Waals surface area contributed by atoms with Crippen molar-refractivity contribution < 1.29 is 27.5 Å². The van der Waals surface area contributed by atoms with Gasteiger partial charge in [0, 0.05) is 11.4 Å². The first kappa shape index (κ1) is 23.3. The van der Waals surface area contributed by atoms with Gasteiger partial charge in [-0.1, -0.05) is 17.7 Å². The molecule has 2 aromatic heterocycles. The molecule has 168 valence electrons. The minimum absolute atomic E-state index is 0.00534. The van der Waals surface area contributed by atoms with Crippen molar-refractivity contribution in [2.45, 2.75) is 33.1 Å². The summed E-state index contributed by atoms with van der Waals surface area (Å²) in [6, 6.07) is 8.95. The van der Waals surface area contributed by atoms with E-state index in [4.69, 9.17) is 16.3 Å². The minimum atomic E-state index is -4.56. The highest BCUT2D eigenvalue weighted by Gasteiger charge is 2.31. The number of benzene rings is 1. The summed E-state index contributed by atoms with van der Waals surface area (Å²) in [5.74, 6) is -1.46. The number of anilines is 1. The van der Waals surface area contributed by atoms with Crippen LogP contribution in [0.3, 0.4) is 0 Å². The van der Waals surface area contributed by atoms with Gasteiger partial charge in [0.05, 0.1) is 16.3 Å². The summed E-state index contributed by atoms with van der Waals surface area (Å²) in [4.78, 5) is 29.1. The summed E-state index contributed by atoms with van der Waals surface area (Å²) in [5.41, 5.74) is 0.302. The zero-order valence-electron chi connectivity index (χ0n) is 17.2. The molecule has 1 unspecified atom stereocenters. The van der Waals surface area contributed by atoms with Gasteiger partial charge in [-0.25, -0.2) is 14.5 Å². The summed E-state index contributed by atoms with van der Waals surface area (Å²) in [5, 5.41) is 6.58. The van der Waals surface area contributed by atoms with Gasteiger partial charge in [0.25, 0.3) is 5.91 Å². The van der Waals surface area contributed by atoms with Crippen LogP contribution in [0.15, 0.2) is 42.5 Å². The molecule has 0 spiro atoms. The number of amides is 1. The fourth-order valence-corrected chi connectivity index (χ4v) is 3.02. The van der Waals surface area contributed by atoms with Gasteiger partial charge in [-0.05, 0) is 57.2 Å². The van der Waals surface area contributed by atoms with Crippen LogP contribution in [0.25, 0.3) is 5.82 Å². The van der Waals surface area contributed by atoms with Gasteiger partial charge in [-0.15, -0.1) is 0 Å². The minimum Gasteiger partial charge on any atom is -0.448 e. The van der Waals surface area contributed by atoms with Gasteiger partial charge in [0.15, 0.2) is 17.6 Å². The molecule has 1 aromatic carbocycles. The Morgan fingerprint density at radius 1 is 1.16 bits per heavy atom. The Labute approximate surface area is 186 Å². The van der Waals surface area contributed by atoms with Crippen LogP contribution in [-0.4, -0.2) is 32.7 Å². The molecular formula is C21H18ClF3N4O3. The predicted octanol–water partition coefficient (Wildman–Crippen LogP) is 4.74. The van der Waals surface area contributed by atoms with Crippen LogP contribution in [0.1, 0.15) is 34.4 Å². The summed E-state index contributed by atoms with van der Waals surface area (Å²) in [6.45, 7) is 4.90. The second-order valence-corrected chi connectivity index (χ2v) is 7.36. The number of esters is 1. The lowest BCUT2D eigenvalue weighted by molar-refractivity contribution is -0.137. The summed E-state index contributed by atoms with van der Waals surface area (Å²) < 4.78 is 45.2. The van der Waals surface area contributed by atoms with E-state index in [9.17, 15) is 22.8 Å². The van der Waals surface area contributed by atoms with E-state index in [0.717, 1.165) is 29.6 Å². The second kappa shape index (κ2) is 8.99. The van der Waals surface area contributed by atoms with E-state index in [1.807, 2.05) is 13.0 Å². The highest BCUT2D eigenvalue weighted by Crippen LogP contribution is 2.30. The standard InChI is InChI=1S/C21H18ClF3N4O3/c1-11-9-12(2)29(28-11)17-8-7-16(22)18(27-17)20(31)32-13(3)19(30)26-15-6-4-5-14(10-15)21(23,24)25/h4-10,13H,1-3H3,(H,26,30). The average Bonchev–Trinajstić information content (AvgIpc) is 3.05. The van der Waals surface area contributed by atoms with Crippen LogP contribution >= 0.6 is 11.6 Å². The average molecular weight is 467 g/mol. The normalized spacial score (nSPS) is 12.3. The highest BCUT2D eigenvalue weighted by molar-refractivity contribution is 6.33. The third-order valence-electron chi connectivity index (χ3n) is 4.36. The smallest absolute Gasteiger partial charge is 0.416 e. The lowest BCUT2D eigenvalue weighted by Gasteiger charge is -2.15. The maximum atomic E-state index is 12.8. The van der Waals surface area contributed by atoms with Gasteiger partial charge < -0.3 is 10.1 Å². The molecule has 0 saturated carbocycles. The third kappa shape index (κ3) is 5.25. The molecule has 0 aliphatic heterocycles. The number of rotatable bonds is 5. The van der Waals surface area contributed by atoms with E-state index in [1.165, 1.54) is 23.7 Å². The Balaban J connectivity index is 1.73. The number of pyridine rings is 1. The van der Waals surface area contributed by atoms with Crippen molar-refractivity contribution in [2.75, 3.05) is 5.32 Å². The lowest BCUT2D eigenvalue weighted by atomic mass is 10.2. The van der Waals surface area contributed by atoms with E-state index in [-0.39, 0.29) is 16.4 Å². The summed E-state index contributed by atoms with van der Waals surface area (Å²) >= 11 is 6.08. The number of halogens is 4. The van der Waals surface area contributed by atoms with Crippen molar-refractivity contribution in [3.8, 4) is 5.82 Å². The van der Waals surface area contributed by atoms with Crippen LogP contribution < -0.4 is 5.32 Å². The molecule has 0 radical (unpaired) electrons. The van der Waals surface area contributed by atoms with E-state index in [0.29, 0.717) is 5.82 Å². The number of carbonyl (C=O) groups excluding carboxylic acids is 2. The molecule has 0 aliphatic rings. The first-order chi connectivity index (χ1) is 15.0. The van der Waals surface area contributed by atoms with Crippen molar-refractivity contribution in [1.82, 2.24) is 14.8 Å². The molecule has 2 heterocycles. The van der Waals surface area contributed by atoms with E-state index in [1.54, 1.807) is 13.0 Å². The molecule has 32 heavy (non-hydrogen) atoms. The fraction of sp³-hybridized carbons (Fsp3) is 0.238. The Hall–Kier alpha value is -3.40. The van der Waals surface area contributed by atoms with Crippen LogP contribution in [0.4, 0.5) is 18.9 Å². The first-order valence-corrected chi connectivity index (χ1v) is 9.73. The van der Waals surface area contributed by atoms with Crippen LogP contribution in [-0.2, 0) is 15.7 Å². The lowest BCUT2D eigenvalue weighted by Crippen LogP contribution is -2.30. The highest BCUT2D eigenvalue weighted by atomic mass is 35.5. The molecule has 3 aromatic rings. The number of hydrogen-bond acceptors (Lipinski definition) is 5. The molecule has 1 atom stereocenters. The maximum absolute atomic E-state index is 12.8. The molecular weight excluding hydrogens is 449 g/mol. The van der Waals surface area contributed by atoms with Crippen molar-refractivity contribution in [1.29, 1.82) is 0 Å². The molecule has 0 fully saturated rings. The molecule has 0 aliphatic carbocycles. The fourth-order valence-electron chi connectivity index (χ4n) is 2.84. The number of alkyl halides is 3. The number of hydrogen-bond donors (Lipinski definition) is 1. The first-order valence-electron chi connectivity index (χ1n) is 9.35. The molecule has 3 rings (SSSR count). The zero-order valence-corrected chi connectivity index (χ0v) is 18.0. The number of aryl methyl sites for hydroxylation is 2. The quantitative estimate of drug-likeness (QED) is 0.549. The Bertz CT molecular complexity index is 1180. The van der Waals surface area contributed by atoms with Crippen molar-refractivity contribution in [3.63, 3.8) is 0 Å². The van der Waals surface area contributed by atoms with Crippen molar-refractivity contribution >= 4 is 29.2 Å².